The van der Waals surface area contributed by atoms with Crippen LogP contribution < -0.4 is 14.2 Å². The number of carbonyl (C=O) groups excluding carboxylic acids is 1. The first-order chi connectivity index (χ1) is 12.3. The number of hydrogen-bond acceptors (Lipinski definition) is 7. The molecule has 1 heterocycles. The molecule has 8 nitrogen and oxygen atoms in total. The summed E-state index contributed by atoms with van der Waals surface area (Å²) in [6.45, 7) is 0.0954. The first kappa shape index (κ1) is 18.5. The average molecular weight is 400 g/mol. The third kappa shape index (κ3) is 3.47. The molecule has 0 aliphatic carbocycles. The summed E-state index contributed by atoms with van der Waals surface area (Å²) >= 11 is 5.97. The van der Waals surface area contributed by atoms with Crippen LogP contribution in [0.5, 0.6) is 17.2 Å². The van der Waals surface area contributed by atoms with Gasteiger partial charge < -0.3 is 14.2 Å². The predicted molar refractivity (Wildman–Crippen MR) is 90.9 cm³/mol. The lowest BCUT2D eigenvalue weighted by Gasteiger charge is -2.15. The fourth-order valence-corrected chi connectivity index (χ4v) is 3.64. The number of rotatable bonds is 5. The smallest absolute Gasteiger partial charge is 0.343 e. The van der Waals surface area contributed by atoms with Crippen LogP contribution in [0, 0.1) is 0 Å². The van der Waals surface area contributed by atoms with Crippen LogP contribution in [0.1, 0.15) is 10.4 Å². The molecule has 0 spiro atoms. The molecule has 0 radical (unpaired) electrons. The van der Waals surface area contributed by atoms with Crippen LogP contribution in [-0.4, -0.2) is 39.8 Å². The van der Waals surface area contributed by atoms with Gasteiger partial charge in [-0.1, -0.05) is 16.1 Å². The quantitative estimate of drug-likeness (QED) is 0.433. The summed E-state index contributed by atoms with van der Waals surface area (Å²) in [7, 11) is -1.61. The Morgan fingerprint density at radius 3 is 2.62 bits per heavy atom. The molecule has 26 heavy (non-hydrogen) atoms. The van der Waals surface area contributed by atoms with E-state index in [1.54, 1.807) is 6.07 Å². The molecule has 0 amide bonds. The number of fused-ring (bicyclic) bond motifs is 1. The molecule has 2 aromatic rings. The van der Waals surface area contributed by atoms with Gasteiger partial charge in [0.25, 0.3) is 10.0 Å². The van der Waals surface area contributed by atoms with Crippen molar-refractivity contribution >= 4 is 27.6 Å². The van der Waals surface area contributed by atoms with Crippen LogP contribution in [0.2, 0.25) is 5.02 Å². The van der Waals surface area contributed by atoms with Crippen LogP contribution in [0.3, 0.4) is 0 Å². The number of halogens is 1. The van der Waals surface area contributed by atoms with E-state index in [1.807, 2.05) is 0 Å². The molecule has 0 atom stereocenters. The molecule has 0 aromatic heterocycles. The number of benzene rings is 2. The third-order valence-electron chi connectivity index (χ3n) is 3.59. The number of sulfonamides is 1. The van der Waals surface area contributed by atoms with Crippen LogP contribution in [0.15, 0.2) is 41.3 Å². The van der Waals surface area contributed by atoms with Crippen LogP contribution in [0.4, 0.5) is 0 Å². The summed E-state index contributed by atoms with van der Waals surface area (Å²) < 4.78 is 41.1. The van der Waals surface area contributed by atoms with Crippen LogP contribution in [0.25, 0.3) is 0 Å². The Morgan fingerprint density at radius 2 is 1.88 bits per heavy atom. The summed E-state index contributed by atoms with van der Waals surface area (Å²) in [5.41, 5.74) is 0.00939. The van der Waals surface area contributed by atoms with Crippen molar-refractivity contribution in [3.05, 3.63) is 47.0 Å². The summed E-state index contributed by atoms with van der Waals surface area (Å²) in [4.78, 5) is 16.8. The number of nitrogens with zero attached hydrogens (tertiary/aromatic N) is 1. The standard InChI is InChI=1S/C16H14ClNO7S/c1-18(22-2)26(20,21)15-7-10(3-5-12(15)17)16(19)25-11-4-6-13-14(8-11)24-9-23-13/h3-8H,9H2,1-2H3. The van der Waals surface area contributed by atoms with Gasteiger partial charge in [-0.25, -0.2) is 13.2 Å². The van der Waals surface area contributed by atoms with Crippen molar-refractivity contribution in [2.75, 3.05) is 21.0 Å². The van der Waals surface area contributed by atoms with Crippen molar-refractivity contribution in [2.24, 2.45) is 0 Å². The summed E-state index contributed by atoms with van der Waals surface area (Å²) in [5.74, 6) is 0.480. The molecule has 2 aromatic carbocycles. The van der Waals surface area contributed by atoms with Gasteiger partial charge in [-0.15, -0.1) is 0 Å². The first-order valence-corrected chi connectivity index (χ1v) is 9.09. The zero-order chi connectivity index (χ0) is 18.9. The largest absolute Gasteiger partial charge is 0.454 e. The van der Waals surface area contributed by atoms with Gasteiger partial charge in [0.05, 0.1) is 17.7 Å². The second kappa shape index (κ2) is 7.12. The molecule has 1 aliphatic rings. The molecule has 1 aliphatic heterocycles. The van der Waals surface area contributed by atoms with Crippen molar-refractivity contribution in [3.8, 4) is 17.2 Å². The van der Waals surface area contributed by atoms with E-state index in [2.05, 4.69) is 0 Å². The molecule has 0 saturated heterocycles. The van der Waals surface area contributed by atoms with Gasteiger partial charge in [0.2, 0.25) is 6.79 Å². The molecule has 10 heteroatoms. The van der Waals surface area contributed by atoms with Crippen LogP contribution >= 0.6 is 11.6 Å². The van der Waals surface area contributed by atoms with Crippen molar-refractivity contribution in [1.29, 1.82) is 0 Å². The lowest BCUT2D eigenvalue weighted by molar-refractivity contribution is -0.0258. The van der Waals surface area contributed by atoms with E-state index in [0.717, 1.165) is 6.07 Å². The van der Waals surface area contributed by atoms with Crippen molar-refractivity contribution in [3.63, 3.8) is 0 Å². The SMILES string of the molecule is CON(C)S(=O)(=O)c1cc(C(=O)Oc2ccc3c(c2)OCO3)ccc1Cl. The monoisotopic (exact) mass is 399 g/mol. The molecular formula is C16H14ClNO7S. The summed E-state index contributed by atoms with van der Waals surface area (Å²) in [5, 5.41) is -0.0477. The average Bonchev–Trinajstić information content (AvgIpc) is 3.08. The van der Waals surface area contributed by atoms with Gasteiger partial charge in [-0.05, 0) is 30.3 Å². The first-order valence-electron chi connectivity index (χ1n) is 7.27. The van der Waals surface area contributed by atoms with Crippen LogP contribution in [-0.2, 0) is 14.9 Å². The Morgan fingerprint density at radius 1 is 1.15 bits per heavy atom. The highest BCUT2D eigenvalue weighted by Crippen LogP contribution is 2.35. The van der Waals surface area contributed by atoms with E-state index >= 15 is 0 Å². The second-order valence-electron chi connectivity index (χ2n) is 5.15. The topological polar surface area (TPSA) is 91.4 Å². The highest BCUT2D eigenvalue weighted by molar-refractivity contribution is 7.89. The molecule has 0 N–H and O–H groups in total. The Bertz CT molecular complexity index is 961. The molecule has 0 bridgehead atoms. The summed E-state index contributed by atoms with van der Waals surface area (Å²) in [6, 6.07) is 8.45. The number of carbonyl (C=O) groups is 1. The van der Waals surface area contributed by atoms with Gasteiger partial charge in [0.1, 0.15) is 10.6 Å². The molecule has 0 fully saturated rings. The second-order valence-corrected chi connectivity index (χ2v) is 7.46. The van der Waals surface area contributed by atoms with E-state index in [-0.39, 0.29) is 28.0 Å². The van der Waals surface area contributed by atoms with Gasteiger partial charge in [0.15, 0.2) is 11.5 Å². The van der Waals surface area contributed by atoms with Crippen molar-refractivity contribution in [2.45, 2.75) is 4.90 Å². The van der Waals surface area contributed by atoms with Gasteiger partial charge in [0, 0.05) is 13.1 Å². The minimum absolute atomic E-state index is 0.00939. The fourth-order valence-electron chi connectivity index (χ4n) is 2.17. The molecule has 0 saturated carbocycles. The van der Waals surface area contributed by atoms with Crippen molar-refractivity contribution in [1.82, 2.24) is 4.47 Å². The normalized spacial score (nSPS) is 13.1. The molecule has 3 rings (SSSR count). The number of esters is 1. The highest BCUT2D eigenvalue weighted by atomic mass is 35.5. The van der Waals surface area contributed by atoms with E-state index in [0.29, 0.717) is 16.0 Å². The Hall–Kier alpha value is -2.33. The number of ether oxygens (including phenoxy) is 3. The third-order valence-corrected chi connectivity index (χ3v) is 5.76. The maximum absolute atomic E-state index is 12.4. The molecule has 0 unspecified atom stereocenters. The predicted octanol–water partition coefficient (Wildman–Crippen LogP) is 2.47. The number of hydroxylamine groups is 1. The van der Waals surface area contributed by atoms with Gasteiger partial charge >= 0.3 is 5.97 Å². The fraction of sp³-hybridized carbons (Fsp3) is 0.188. The number of hydrogen-bond donors (Lipinski definition) is 0. The minimum Gasteiger partial charge on any atom is -0.454 e. The maximum Gasteiger partial charge on any atom is 0.343 e. The highest BCUT2D eigenvalue weighted by Gasteiger charge is 2.26. The minimum atomic E-state index is -4.02. The van der Waals surface area contributed by atoms with E-state index in [1.165, 1.54) is 38.4 Å². The van der Waals surface area contributed by atoms with Gasteiger partial charge in [-0.2, -0.15) is 0 Å². The molecule has 138 valence electrons. The van der Waals surface area contributed by atoms with Gasteiger partial charge in [-0.3, -0.25) is 4.84 Å². The Kier molecular flexibility index (Phi) is 5.05. The van der Waals surface area contributed by atoms with E-state index < -0.39 is 16.0 Å². The Labute approximate surface area is 154 Å². The summed E-state index contributed by atoms with van der Waals surface area (Å²) in [6.07, 6.45) is 0. The Balaban J connectivity index is 1.87. The van der Waals surface area contributed by atoms with E-state index in [4.69, 9.17) is 30.6 Å². The lowest BCUT2D eigenvalue weighted by atomic mass is 10.2. The lowest BCUT2D eigenvalue weighted by Crippen LogP contribution is -2.26. The molecular weight excluding hydrogens is 386 g/mol. The maximum atomic E-state index is 12.4. The van der Waals surface area contributed by atoms with E-state index in [9.17, 15) is 13.2 Å². The zero-order valence-electron chi connectivity index (χ0n) is 13.8. The van der Waals surface area contributed by atoms with Crippen molar-refractivity contribution < 1.29 is 32.3 Å². The zero-order valence-corrected chi connectivity index (χ0v) is 15.3.